The largest absolute Gasteiger partial charge is 0.470 e. The highest BCUT2D eigenvalue weighted by atomic mass is 35.5. The van der Waals surface area contributed by atoms with E-state index < -0.39 is 0 Å². The Hall–Kier alpha value is -3.29. The van der Waals surface area contributed by atoms with E-state index >= 15 is 0 Å². The van der Waals surface area contributed by atoms with Crippen LogP contribution in [-0.2, 0) is 13.3 Å². The lowest BCUT2D eigenvalue weighted by atomic mass is 10.2. The van der Waals surface area contributed by atoms with Crippen LogP contribution in [0.1, 0.15) is 16.1 Å². The maximum atomic E-state index is 12.7. The molecule has 0 radical (unpaired) electrons. The number of hydrogen-bond acceptors (Lipinski definition) is 4. The van der Waals surface area contributed by atoms with Gasteiger partial charge in [0.1, 0.15) is 10.8 Å². The first kappa shape index (κ1) is 21.0. The second-order valence-electron chi connectivity index (χ2n) is 6.84. The van der Waals surface area contributed by atoms with Crippen molar-refractivity contribution in [1.82, 2.24) is 24.5 Å². The summed E-state index contributed by atoms with van der Waals surface area (Å²) >= 11 is 12.1. The third kappa shape index (κ3) is 4.90. The minimum Gasteiger partial charge on any atom is -0.470 e. The quantitative estimate of drug-likeness (QED) is 0.405. The molecule has 0 spiro atoms. The van der Waals surface area contributed by atoms with Gasteiger partial charge in [0.2, 0.25) is 0 Å². The zero-order valence-corrected chi connectivity index (χ0v) is 18.2. The molecule has 1 amide bonds. The first-order chi connectivity index (χ1) is 15.0. The third-order valence-corrected chi connectivity index (χ3v) is 5.40. The van der Waals surface area contributed by atoms with E-state index in [1.165, 1.54) is 4.68 Å². The standard InChI is InChI=1S/C22H19Cl2N5O2/c1-27(14-16-6-8-17(9-7-16)29-12-3-11-25-29)22(30)19-10-13-28(26-19)15-31-20-5-2-4-18(23)21(20)24/h2-13H,14-15H2,1H3. The number of carbonyl (C=O) groups excluding carboxylic acids is 1. The van der Waals surface area contributed by atoms with E-state index in [9.17, 15) is 4.79 Å². The summed E-state index contributed by atoms with van der Waals surface area (Å²) in [5.74, 6) is 0.268. The second kappa shape index (κ2) is 9.24. The maximum absolute atomic E-state index is 12.7. The van der Waals surface area contributed by atoms with Crippen LogP contribution in [-0.4, -0.2) is 37.4 Å². The van der Waals surface area contributed by atoms with Gasteiger partial charge in [-0.3, -0.25) is 4.79 Å². The molecule has 0 bridgehead atoms. The lowest BCUT2D eigenvalue weighted by molar-refractivity contribution is 0.0777. The van der Waals surface area contributed by atoms with Crippen LogP contribution in [0.3, 0.4) is 0 Å². The zero-order chi connectivity index (χ0) is 21.8. The van der Waals surface area contributed by atoms with Crippen molar-refractivity contribution in [3.8, 4) is 11.4 Å². The van der Waals surface area contributed by atoms with Gasteiger partial charge >= 0.3 is 0 Å². The van der Waals surface area contributed by atoms with E-state index in [4.69, 9.17) is 27.9 Å². The SMILES string of the molecule is CN(Cc1ccc(-n2cccn2)cc1)C(=O)c1ccn(COc2cccc(Cl)c2Cl)n1. The maximum Gasteiger partial charge on any atom is 0.274 e. The van der Waals surface area contributed by atoms with E-state index in [0.717, 1.165) is 11.3 Å². The molecule has 0 saturated heterocycles. The van der Waals surface area contributed by atoms with Gasteiger partial charge in [-0.2, -0.15) is 10.2 Å². The van der Waals surface area contributed by atoms with Crippen LogP contribution >= 0.6 is 23.2 Å². The molecule has 4 aromatic rings. The molecule has 0 aliphatic rings. The molecule has 2 aromatic carbocycles. The molecule has 0 fully saturated rings. The topological polar surface area (TPSA) is 65.2 Å². The van der Waals surface area contributed by atoms with Gasteiger partial charge in [-0.15, -0.1) is 0 Å². The summed E-state index contributed by atoms with van der Waals surface area (Å²) in [5, 5.41) is 9.26. The van der Waals surface area contributed by atoms with Crippen molar-refractivity contribution in [3.05, 3.63) is 94.5 Å². The molecule has 158 valence electrons. The van der Waals surface area contributed by atoms with Crippen molar-refractivity contribution in [2.24, 2.45) is 0 Å². The number of amides is 1. The lowest BCUT2D eigenvalue weighted by Crippen LogP contribution is -2.26. The molecule has 4 rings (SSSR count). The second-order valence-corrected chi connectivity index (χ2v) is 7.63. The molecule has 0 N–H and O–H groups in total. The average Bonchev–Trinajstić information content (AvgIpc) is 3.47. The van der Waals surface area contributed by atoms with Crippen LogP contribution in [0.15, 0.2) is 73.2 Å². The molecule has 0 unspecified atom stereocenters. The van der Waals surface area contributed by atoms with E-state index in [0.29, 0.717) is 28.0 Å². The van der Waals surface area contributed by atoms with Crippen molar-refractivity contribution in [1.29, 1.82) is 0 Å². The van der Waals surface area contributed by atoms with Crippen molar-refractivity contribution >= 4 is 29.1 Å². The normalized spacial score (nSPS) is 10.8. The number of carbonyl (C=O) groups is 1. The van der Waals surface area contributed by atoms with Crippen molar-refractivity contribution in [2.75, 3.05) is 7.05 Å². The average molecular weight is 456 g/mol. The van der Waals surface area contributed by atoms with Gasteiger partial charge in [0.05, 0.1) is 10.7 Å². The van der Waals surface area contributed by atoms with Gasteiger partial charge in [0.25, 0.3) is 5.91 Å². The molecule has 0 aliphatic heterocycles. The van der Waals surface area contributed by atoms with Crippen LogP contribution in [0.2, 0.25) is 10.0 Å². The predicted molar refractivity (Wildman–Crippen MR) is 119 cm³/mol. The Morgan fingerprint density at radius 2 is 1.87 bits per heavy atom. The highest BCUT2D eigenvalue weighted by molar-refractivity contribution is 6.42. The van der Waals surface area contributed by atoms with E-state index in [-0.39, 0.29) is 12.6 Å². The fourth-order valence-electron chi connectivity index (χ4n) is 3.00. The summed E-state index contributed by atoms with van der Waals surface area (Å²) in [6.07, 6.45) is 5.29. The molecule has 0 atom stereocenters. The number of halogens is 2. The van der Waals surface area contributed by atoms with Crippen molar-refractivity contribution < 1.29 is 9.53 Å². The molecule has 7 nitrogen and oxygen atoms in total. The fourth-order valence-corrected chi connectivity index (χ4v) is 3.34. The number of aromatic nitrogens is 4. The van der Waals surface area contributed by atoms with Gasteiger partial charge in [0, 0.05) is 32.2 Å². The van der Waals surface area contributed by atoms with Crippen LogP contribution in [0.4, 0.5) is 0 Å². The molecule has 31 heavy (non-hydrogen) atoms. The van der Waals surface area contributed by atoms with E-state index in [2.05, 4.69) is 10.2 Å². The van der Waals surface area contributed by atoms with Crippen LogP contribution < -0.4 is 4.74 Å². The lowest BCUT2D eigenvalue weighted by Gasteiger charge is -2.16. The van der Waals surface area contributed by atoms with E-state index in [1.54, 1.807) is 53.3 Å². The number of ether oxygens (including phenoxy) is 1. The first-order valence-corrected chi connectivity index (χ1v) is 10.2. The van der Waals surface area contributed by atoms with Gasteiger partial charge in [-0.1, -0.05) is 41.4 Å². The molecular weight excluding hydrogens is 437 g/mol. The Kier molecular flexibility index (Phi) is 6.25. The van der Waals surface area contributed by atoms with Gasteiger partial charge in [0.15, 0.2) is 12.4 Å². The minimum absolute atomic E-state index is 0.103. The summed E-state index contributed by atoms with van der Waals surface area (Å²) in [7, 11) is 1.74. The Balaban J connectivity index is 1.36. The summed E-state index contributed by atoms with van der Waals surface area (Å²) in [6, 6.07) is 16.6. The predicted octanol–water partition coefficient (Wildman–Crippen LogP) is 4.68. The first-order valence-electron chi connectivity index (χ1n) is 9.46. The Labute approximate surface area is 189 Å². The summed E-state index contributed by atoms with van der Waals surface area (Å²) in [5.41, 5.74) is 2.29. The van der Waals surface area contributed by atoms with Crippen molar-refractivity contribution in [3.63, 3.8) is 0 Å². The van der Waals surface area contributed by atoms with Crippen molar-refractivity contribution in [2.45, 2.75) is 13.3 Å². The number of nitrogens with zero attached hydrogens (tertiary/aromatic N) is 5. The third-order valence-electron chi connectivity index (χ3n) is 4.60. The van der Waals surface area contributed by atoms with Gasteiger partial charge in [-0.25, -0.2) is 9.36 Å². The molecule has 0 aliphatic carbocycles. The Morgan fingerprint density at radius 1 is 1.06 bits per heavy atom. The highest BCUT2D eigenvalue weighted by Gasteiger charge is 2.15. The molecule has 9 heteroatoms. The van der Waals surface area contributed by atoms with Crippen LogP contribution in [0.25, 0.3) is 5.69 Å². The number of rotatable bonds is 7. The molecule has 0 saturated carbocycles. The monoisotopic (exact) mass is 455 g/mol. The fraction of sp³-hybridized carbons (Fsp3) is 0.136. The molecule has 2 aromatic heterocycles. The number of benzene rings is 2. The summed E-state index contributed by atoms with van der Waals surface area (Å²) < 4.78 is 8.95. The Bertz CT molecular complexity index is 1170. The Morgan fingerprint density at radius 3 is 2.61 bits per heavy atom. The zero-order valence-electron chi connectivity index (χ0n) is 16.7. The summed E-state index contributed by atoms with van der Waals surface area (Å²) in [4.78, 5) is 14.4. The van der Waals surface area contributed by atoms with Gasteiger partial charge in [-0.05, 0) is 42.0 Å². The smallest absolute Gasteiger partial charge is 0.274 e. The number of hydrogen-bond donors (Lipinski definition) is 0. The van der Waals surface area contributed by atoms with Crippen LogP contribution in [0, 0.1) is 0 Å². The minimum atomic E-state index is -0.185. The van der Waals surface area contributed by atoms with Gasteiger partial charge < -0.3 is 9.64 Å². The highest BCUT2D eigenvalue weighted by Crippen LogP contribution is 2.31. The van der Waals surface area contributed by atoms with E-state index in [1.807, 2.05) is 36.5 Å². The summed E-state index contributed by atoms with van der Waals surface area (Å²) in [6.45, 7) is 0.561. The van der Waals surface area contributed by atoms with Crippen LogP contribution in [0.5, 0.6) is 5.75 Å². The molecular formula is C22H19Cl2N5O2. The molecule has 2 heterocycles.